The summed E-state index contributed by atoms with van der Waals surface area (Å²) < 4.78 is 0.941. The first kappa shape index (κ1) is 15.2. The number of halogens is 1. The van der Waals surface area contributed by atoms with Crippen LogP contribution < -0.4 is 5.32 Å². The highest BCUT2D eigenvalue weighted by Gasteiger charge is 2.28. The summed E-state index contributed by atoms with van der Waals surface area (Å²) in [5, 5.41) is 3.24. The van der Waals surface area contributed by atoms with E-state index >= 15 is 0 Å². The molecule has 108 valence electrons. The number of carbonyl (C=O) groups is 2. The van der Waals surface area contributed by atoms with E-state index < -0.39 is 0 Å². The summed E-state index contributed by atoms with van der Waals surface area (Å²) in [5.41, 5.74) is 0.916. The highest BCUT2D eigenvalue weighted by atomic mass is 79.9. The SMILES string of the molecule is CC(=O)N(C(=O)Cc1cccc(Br)c1)C1CCCNC1. The number of rotatable bonds is 3. The van der Waals surface area contributed by atoms with Gasteiger partial charge in [0.05, 0.1) is 12.5 Å². The van der Waals surface area contributed by atoms with Gasteiger partial charge in [-0.25, -0.2) is 0 Å². The lowest BCUT2D eigenvalue weighted by molar-refractivity contribution is -0.146. The van der Waals surface area contributed by atoms with Gasteiger partial charge in [0.1, 0.15) is 0 Å². The summed E-state index contributed by atoms with van der Waals surface area (Å²) in [6.45, 7) is 3.12. The van der Waals surface area contributed by atoms with Crippen LogP contribution in [0.15, 0.2) is 28.7 Å². The minimum absolute atomic E-state index is 0.0131. The van der Waals surface area contributed by atoms with E-state index in [1.165, 1.54) is 11.8 Å². The molecule has 1 aliphatic heterocycles. The molecule has 0 radical (unpaired) electrons. The van der Waals surface area contributed by atoms with Crippen LogP contribution in [0.2, 0.25) is 0 Å². The predicted molar refractivity (Wildman–Crippen MR) is 81.3 cm³/mol. The molecule has 1 unspecified atom stereocenters. The van der Waals surface area contributed by atoms with Gasteiger partial charge in [-0.2, -0.15) is 0 Å². The Morgan fingerprint density at radius 1 is 1.45 bits per heavy atom. The molecule has 1 fully saturated rings. The second-order valence-corrected chi connectivity index (χ2v) is 6.01. The molecule has 1 saturated heterocycles. The van der Waals surface area contributed by atoms with Crippen LogP contribution in [-0.2, 0) is 16.0 Å². The third kappa shape index (κ3) is 3.90. The first-order valence-electron chi connectivity index (χ1n) is 6.85. The van der Waals surface area contributed by atoms with Gasteiger partial charge in [-0.05, 0) is 37.1 Å². The minimum atomic E-state index is -0.168. The first-order chi connectivity index (χ1) is 9.58. The predicted octanol–water partition coefficient (Wildman–Crippen LogP) is 2.12. The number of hydrogen-bond donors (Lipinski definition) is 1. The van der Waals surface area contributed by atoms with Crippen LogP contribution in [0.5, 0.6) is 0 Å². The van der Waals surface area contributed by atoms with Crippen LogP contribution in [0.3, 0.4) is 0 Å². The molecule has 1 aromatic rings. The Bertz CT molecular complexity index is 498. The number of amides is 2. The van der Waals surface area contributed by atoms with Crippen LogP contribution >= 0.6 is 15.9 Å². The van der Waals surface area contributed by atoms with Crippen LogP contribution in [0.25, 0.3) is 0 Å². The van der Waals surface area contributed by atoms with Crippen molar-refractivity contribution in [2.45, 2.75) is 32.2 Å². The third-order valence-electron chi connectivity index (χ3n) is 3.49. The van der Waals surface area contributed by atoms with Crippen LogP contribution in [0.1, 0.15) is 25.3 Å². The van der Waals surface area contributed by atoms with E-state index in [0.29, 0.717) is 6.54 Å². The zero-order chi connectivity index (χ0) is 14.5. The Hall–Kier alpha value is -1.20. The molecule has 0 spiro atoms. The maximum Gasteiger partial charge on any atom is 0.233 e. The van der Waals surface area contributed by atoms with Crippen molar-refractivity contribution in [1.82, 2.24) is 10.2 Å². The lowest BCUT2D eigenvalue weighted by Crippen LogP contribution is -2.51. The minimum Gasteiger partial charge on any atom is -0.315 e. The Kier molecular flexibility index (Phi) is 5.31. The molecule has 0 aliphatic carbocycles. The van der Waals surface area contributed by atoms with Gasteiger partial charge in [-0.1, -0.05) is 28.1 Å². The van der Waals surface area contributed by atoms with Crippen LogP contribution in [-0.4, -0.2) is 35.8 Å². The highest BCUT2D eigenvalue weighted by Crippen LogP contribution is 2.16. The molecule has 0 aromatic heterocycles. The largest absolute Gasteiger partial charge is 0.315 e. The van der Waals surface area contributed by atoms with E-state index in [1.807, 2.05) is 24.3 Å². The summed E-state index contributed by atoms with van der Waals surface area (Å²) in [5.74, 6) is -0.289. The molecule has 2 rings (SSSR count). The molecule has 1 N–H and O–H groups in total. The summed E-state index contributed by atoms with van der Waals surface area (Å²) in [4.78, 5) is 25.7. The van der Waals surface area contributed by atoms with E-state index in [-0.39, 0.29) is 24.3 Å². The molecule has 1 heterocycles. The van der Waals surface area contributed by atoms with Gasteiger partial charge in [0.2, 0.25) is 11.8 Å². The average Bonchev–Trinajstić information content (AvgIpc) is 2.39. The number of benzene rings is 1. The standard InChI is InChI=1S/C15H19BrN2O2/c1-11(19)18(14-6-3-7-17-10-14)15(20)9-12-4-2-5-13(16)8-12/h2,4-5,8,14,17H,3,6-7,9-10H2,1H3. The Morgan fingerprint density at radius 3 is 2.85 bits per heavy atom. The second-order valence-electron chi connectivity index (χ2n) is 5.09. The molecule has 1 aromatic carbocycles. The number of piperidine rings is 1. The molecule has 1 atom stereocenters. The molecule has 20 heavy (non-hydrogen) atoms. The molecular weight excluding hydrogens is 320 g/mol. The Balaban J connectivity index is 2.08. The molecule has 0 bridgehead atoms. The Morgan fingerprint density at radius 2 is 2.25 bits per heavy atom. The van der Waals surface area contributed by atoms with E-state index in [0.717, 1.165) is 29.4 Å². The molecule has 0 saturated carbocycles. The number of carbonyl (C=O) groups excluding carboxylic acids is 2. The smallest absolute Gasteiger partial charge is 0.233 e. The van der Waals surface area contributed by atoms with Crippen molar-refractivity contribution in [3.8, 4) is 0 Å². The molecule has 2 amide bonds. The summed E-state index contributed by atoms with van der Waals surface area (Å²) >= 11 is 3.39. The van der Waals surface area contributed by atoms with Crippen molar-refractivity contribution in [2.24, 2.45) is 0 Å². The van der Waals surface area contributed by atoms with Gasteiger partial charge in [0.25, 0.3) is 0 Å². The van der Waals surface area contributed by atoms with Crippen molar-refractivity contribution >= 4 is 27.7 Å². The topological polar surface area (TPSA) is 49.4 Å². The van der Waals surface area contributed by atoms with E-state index in [9.17, 15) is 9.59 Å². The van der Waals surface area contributed by atoms with Crippen LogP contribution in [0.4, 0.5) is 0 Å². The van der Waals surface area contributed by atoms with Gasteiger partial charge < -0.3 is 5.32 Å². The van der Waals surface area contributed by atoms with Crippen molar-refractivity contribution < 1.29 is 9.59 Å². The number of nitrogens with one attached hydrogen (secondary N) is 1. The third-order valence-corrected chi connectivity index (χ3v) is 3.98. The van der Waals surface area contributed by atoms with Gasteiger partial charge >= 0.3 is 0 Å². The maximum absolute atomic E-state index is 12.4. The Labute approximate surface area is 127 Å². The van der Waals surface area contributed by atoms with Crippen LogP contribution in [0, 0.1) is 0 Å². The normalized spacial score (nSPS) is 18.6. The van der Waals surface area contributed by atoms with Gasteiger partial charge in [0.15, 0.2) is 0 Å². The number of hydrogen-bond acceptors (Lipinski definition) is 3. The summed E-state index contributed by atoms with van der Waals surface area (Å²) in [6, 6.07) is 7.62. The molecule has 1 aliphatic rings. The number of imide groups is 1. The maximum atomic E-state index is 12.4. The zero-order valence-corrected chi connectivity index (χ0v) is 13.1. The van der Waals surface area contributed by atoms with Gasteiger partial charge in [0, 0.05) is 17.9 Å². The summed E-state index contributed by atoms with van der Waals surface area (Å²) in [7, 11) is 0. The van der Waals surface area contributed by atoms with Crippen molar-refractivity contribution in [2.75, 3.05) is 13.1 Å². The molecular formula is C15H19BrN2O2. The lowest BCUT2D eigenvalue weighted by atomic mass is 10.0. The van der Waals surface area contributed by atoms with Crippen molar-refractivity contribution in [3.05, 3.63) is 34.3 Å². The van der Waals surface area contributed by atoms with Gasteiger partial charge in [-0.15, -0.1) is 0 Å². The second kappa shape index (κ2) is 6.99. The van der Waals surface area contributed by atoms with Crippen molar-refractivity contribution in [3.63, 3.8) is 0 Å². The molecule has 4 nitrogen and oxygen atoms in total. The fourth-order valence-electron chi connectivity index (χ4n) is 2.60. The highest BCUT2D eigenvalue weighted by molar-refractivity contribution is 9.10. The zero-order valence-electron chi connectivity index (χ0n) is 11.6. The van der Waals surface area contributed by atoms with E-state index in [1.54, 1.807) is 0 Å². The average molecular weight is 339 g/mol. The fourth-order valence-corrected chi connectivity index (χ4v) is 3.04. The fraction of sp³-hybridized carbons (Fsp3) is 0.467. The van der Waals surface area contributed by atoms with Gasteiger partial charge in [-0.3, -0.25) is 14.5 Å². The molecule has 5 heteroatoms. The van der Waals surface area contributed by atoms with Crippen molar-refractivity contribution in [1.29, 1.82) is 0 Å². The number of nitrogens with zero attached hydrogens (tertiary/aromatic N) is 1. The monoisotopic (exact) mass is 338 g/mol. The van der Waals surface area contributed by atoms with E-state index in [4.69, 9.17) is 0 Å². The van der Waals surface area contributed by atoms with E-state index in [2.05, 4.69) is 21.2 Å². The quantitative estimate of drug-likeness (QED) is 0.918. The first-order valence-corrected chi connectivity index (χ1v) is 7.65. The lowest BCUT2D eigenvalue weighted by Gasteiger charge is -2.32. The summed E-state index contributed by atoms with van der Waals surface area (Å²) in [6.07, 6.45) is 2.14.